The number of aryl methyl sites for hydroxylation is 2. The molecule has 3 rings (SSSR count). The molecule has 1 amide bonds. The summed E-state index contributed by atoms with van der Waals surface area (Å²) in [5, 5.41) is 2.95. The summed E-state index contributed by atoms with van der Waals surface area (Å²) in [6, 6.07) is 9.11. The highest BCUT2D eigenvalue weighted by Gasteiger charge is 2.14. The Morgan fingerprint density at radius 2 is 2.07 bits per heavy atom. The number of amides is 1. The Bertz CT molecular complexity index is 975. The topological polar surface area (TPSA) is 73.2 Å². The molecule has 0 atom stereocenters. The minimum absolute atomic E-state index is 0.122. The molecule has 0 fully saturated rings. The molecular formula is C20H21N3O3S. The highest BCUT2D eigenvalue weighted by molar-refractivity contribution is 7.09. The smallest absolute Gasteiger partial charge is 0.354 e. The maximum absolute atomic E-state index is 12.5. The third-order valence-corrected chi connectivity index (χ3v) is 5.33. The number of thiazole rings is 1. The number of carbonyl (C=O) groups excluding carboxylic acids is 2. The van der Waals surface area contributed by atoms with Gasteiger partial charge >= 0.3 is 5.97 Å². The third-order valence-electron chi connectivity index (χ3n) is 4.34. The molecule has 7 heteroatoms. The summed E-state index contributed by atoms with van der Waals surface area (Å²) < 4.78 is 6.50. The Hall–Kier alpha value is -2.93. The SMILES string of the molecule is COC(=O)c1cc(-c2cccc(C(=O)NCCc3scnc3C)c2)cn1C. The number of rotatable bonds is 6. The van der Waals surface area contributed by atoms with Crippen molar-refractivity contribution in [1.29, 1.82) is 0 Å². The molecule has 27 heavy (non-hydrogen) atoms. The van der Waals surface area contributed by atoms with Crippen LogP contribution in [0, 0.1) is 6.92 Å². The highest BCUT2D eigenvalue weighted by Crippen LogP contribution is 2.23. The second kappa shape index (κ2) is 8.18. The van der Waals surface area contributed by atoms with Gasteiger partial charge in [0.1, 0.15) is 5.69 Å². The van der Waals surface area contributed by atoms with Gasteiger partial charge in [-0.2, -0.15) is 0 Å². The van der Waals surface area contributed by atoms with Crippen LogP contribution in [0.25, 0.3) is 11.1 Å². The molecule has 1 aromatic carbocycles. The standard InChI is InChI=1S/C20H21N3O3S/c1-13-18(27-12-22-13)7-8-21-19(24)15-6-4-5-14(9-15)16-10-17(20(25)26-3)23(2)11-16/h4-6,9-12H,7-8H2,1-3H3,(H,21,24). The van der Waals surface area contributed by atoms with Crippen LogP contribution in [0.3, 0.4) is 0 Å². The Kier molecular flexibility index (Phi) is 5.71. The lowest BCUT2D eigenvalue weighted by Gasteiger charge is -2.06. The predicted octanol–water partition coefficient (Wildman–Crippen LogP) is 3.22. The van der Waals surface area contributed by atoms with E-state index in [9.17, 15) is 9.59 Å². The van der Waals surface area contributed by atoms with Crippen molar-refractivity contribution in [3.8, 4) is 11.1 Å². The zero-order chi connectivity index (χ0) is 19.4. The van der Waals surface area contributed by atoms with Gasteiger partial charge in [0.25, 0.3) is 5.91 Å². The van der Waals surface area contributed by atoms with Crippen molar-refractivity contribution >= 4 is 23.2 Å². The van der Waals surface area contributed by atoms with E-state index < -0.39 is 5.97 Å². The Morgan fingerprint density at radius 3 is 2.78 bits per heavy atom. The number of aromatic nitrogens is 2. The maximum atomic E-state index is 12.5. The van der Waals surface area contributed by atoms with Crippen molar-refractivity contribution in [3.63, 3.8) is 0 Å². The first kappa shape index (κ1) is 18.8. The fourth-order valence-corrected chi connectivity index (χ4v) is 3.61. The second-order valence-electron chi connectivity index (χ2n) is 6.16. The molecule has 1 N–H and O–H groups in total. The number of esters is 1. The summed E-state index contributed by atoms with van der Waals surface area (Å²) in [4.78, 5) is 29.6. The molecule has 0 aliphatic heterocycles. The number of nitrogens with one attached hydrogen (secondary N) is 1. The molecule has 2 heterocycles. The van der Waals surface area contributed by atoms with E-state index in [0.717, 1.165) is 23.2 Å². The summed E-state index contributed by atoms with van der Waals surface area (Å²) in [5.41, 5.74) is 5.60. The molecule has 140 valence electrons. The summed E-state index contributed by atoms with van der Waals surface area (Å²) in [6.45, 7) is 2.53. The van der Waals surface area contributed by atoms with Gasteiger partial charge in [0, 0.05) is 42.2 Å². The van der Waals surface area contributed by atoms with E-state index in [2.05, 4.69) is 10.3 Å². The first-order valence-corrected chi connectivity index (χ1v) is 9.40. The van der Waals surface area contributed by atoms with Crippen LogP contribution < -0.4 is 5.32 Å². The van der Waals surface area contributed by atoms with E-state index in [1.807, 2.05) is 36.8 Å². The average molecular weight is 383 g/mol. The summed E-state index contributed by atoms with van der Waals surface area (Å²) in [6.07, 6.45) is 2.61. The van der Waals surface area contributed by atoms with E-state index in [-0.39, 0.29) is 5.91 Å². The van der Waals surface area contributed by atoms with Crippen molar-refractivity contribution in [2.75, 3.05) is 13.7 Å². The molecule has 0 saturated carbocycles. The number of nitrogens with zero attached hydrogens (tertiary/aromatic N) is 2. The molecule has 0 saturated heterocycles. The Balaban J connectivity index is 1.70. The summed E-state index contributed by atoms with van der Waals surface area (Å²) in [7, 11) is 3.14. The fourth-order valence-electron chi connectivity index (χ4n) is 2.83. The van der Waals surface area contributed by atoms with Crippen molar-refractivity contribution in [2.24, 2.45) is 7.05 Å². The van der Waals surface area contributed by atoms with E-state index in [1.54, 1.807) is 35.1 Å². The first-order chi connectivity index (χ1) is 13.0. The van der Waals surface area contributed by atoms with E-state index in [0.29, 0.717) is 17.8 Å². The van der Waals surface area contributed by atoms with Gasteiger partial charge in [-0.25, -0.2) is 9.78 Å². The largest absolute Gasteiger partial charge is 0.464 e. The number of methoxy groups -OCH3 is 1. The lowest BCUT2D eigenvalue weighted by Crippen LogP contribution is -2.25. The zero-order valence-corrected chi connectivity index (χ0v) is 16.3. The van der Waals surface area contributed by atoms with Gasteiger partial charge in [0.05, 0.1) is 18.3 Å². The molecular weight excluding hydrogens is 362 g/mol. The number of hydrogen-bond acceptors (Lipinski definition) is 5. The van der Waals surface area contributed by atoms with Crippen LogP contribution in [-0.2, 0) is 18.2 Å². The molecule has 0 aliphatic rings. The zero-order valence-electron chi connectivity index (χ0n) is 15.5. The van der Waals surface area contributed by atoms with E-state index in [4.69, 9.17) is 4.74 Å². The van der Waals surface area contributed by atoms with Crippen molar-refractivity contribution in [2.45, 2.75) is 13.3 Å². The second-order valence-corrected chi connectivity index (χ2v) is 7.10. The van der Waals surface area contributed by atoms with Crippen LogP contribution in [0.2, 0.25) is 0 Å². The maximum Gasteiger partial charge on any atom is 0.354 e. The molecule has 0 spiro atoms. The van der Waals surface area contributed by atoms with Crippen LogP contribution in [0.15, 0.2) is 42.0 Å². The van der Waals surface area contributed by atoms with Crippen LogP contribution in [-0.4, -0.2) is 35.1 Å². The highest BCUT2D eigenvalue weighted by atomic mass is 32.1. The minimum atomic E-state index is -0.393. The van der Waals surface area contributed by atoms with Gasteiger partial charge in [0.2, 0.25) is 0 Å². The molecule has 6 nitrogen and oxygen atoms in total. The summed E-state index contributed by atoms with van der Waals surface area (Å²) >= 11 is 1.60. The van der Waals surface area contributed by atoms with Crippen LogP contribution >= 0.6 is 11.3 Å². The van der Waals surface area contributed by atoms with Crippen molar-refractivity contribution in [3.05, 3.63) is 63.9 Å². The van der Waals surface area contributed by atoms with Crippen molar-refractivity contribution < 1.29 is 14.3 Å². The van der Waals surface area contributed by atoms with Gasteiger partial charge in [-0.05, 0) is 30.7 Å². The van der Waals surface area contributed by atoms with Crippen molar-refractivity contribution in [1.82, 2.24) is 14.9 Å². The van der Waals surface area contributed by atoms with Gasteiger partial charge in [-0.15, -0.1) is 11.3 Å². The van der Waals surface area contributed by atoms with E-state index >= 15 is 0 Å². The number of benzene rings is 1. The molecule has 0 radical (unpaired) electrons. The molecule has 0 aliphatic carbocycles. The lowest BCUT2D eigenvalue weighted by molar-refractivity contribution is 0.0590. The number of carbonyl (C=O) groups is 2. The first-order valence-electron chi connectivity index (χ1n) is 8.52. The molecule has 3 aromatic rings. The minimum Gasteiger partial charge on any atom is -0.464 e. The van der Waals surface area contributed by atoms with Gasteiger partial charge in [0.15, 0.2) is 0 Å². The molecule has 0 bridgehead atoms. The normalized spacial score (nSPS) is 10.6. The van der Waals surface area contributed by atoms with E-state index in [1.165, 1.54) is 12.0 Å². The van der Waals surface area contributed by atoms with Gasteiger partial charge in [-0.1, -0.05) is 12.1 Å². The number of ether oxygens (including phenoxy) is 1. The number of hydrogen-bond donors (Lipinski definition) is 1. The summed E-state index contributed by atoms with van der Waals surface area (Å²) in [5.74, 6) is -0.515. The fraction of sp³-hybridized carbons (Fsp3) is 0.250. The molecule has 2 aromatic heterocycles. The third kappa shape index (κ3) is 4.25. The lowest BCUT2D eigenvalue weighted by atomic mass is 10.1. The van der Waals surface area contributed by atoms with Crippen LogP contribution in [0.4, 0.5) is 0 Å². The van der Waals surface area contributed by atoms with Crippen LogP contribution in [0.1, 0.15) is 31.4 Å². The molecule has 0 unspecified atom stereocenters. The predicted molar refractivity (Wildman–Crippen MR) is 105 cm³/mol. The van der Waals surface area contributed by atoms with Gasteiger partial charge < -0.3 is 14.6 Å². The monoisotopic (exact) mass is 383 g/mol. The Labute approximate surface area is 161 Å². The van der Waals surface area contributed by atoms with Gasteiger partial charge in [-0.3, -0.25) is 4.79 Å². The quantitative estimate of drug-likeness (QED) is 0.664. The average Bonchev–Trinajstić information content (AvgIpc) is 3.27. The Morgan fingerprint density at radius 1 is 1.26 bits per heavy atom. The van der Waals surface area contributed by atoms with Crippen LogP contribution in [0.5, 0.6) is 0 Å².